The van der Waals surface area contributed by atoms with Crippen LogP contribution in [0.1, 0.15) is 25.5 Å². The molecule has 0 radical (unpaired) electrons. The van der Waals surface area contributed by atoms with E-state index in [1.807, 2.05) is 29.3 Å². The van der Waals surface area contributed by atoms with Crippen LogP contribution in [0.15, 0.2) is 48.7 Å². The number of benzene rings is 1. The van der Waals surface area contributed by atoms with Crippen LogP contribution in [0, 0.1) is 11.8 Å². The molecule has 6 rings (SSSR count). The number of anilines is 3. The first-order valence-corrected chi connectivity index (χ1v) is 12.7. The van der Waals surface area contributed by atoms with Crippen molar-refractivity contribution in [3.05, 3.63) is 54.4 Å². The van der Waals surface area contributed by atoms with Gasteiger partial charge in [-0.25, -0.2) is 9.37 Å². The van der Waals surface area contributed by atoms with Gasteiger partial charge in [-0.2, -0.15) is 0 Å². The summed E-state index contributed by atoms with van der Waals surface area (Å²) < 4.78 is 13.7. The number of hydrogen-bond acceptors (Lipinski definition) is 8. The number of phenolic OH excluding ortho intramolecular Hbond substituents is 1. The monoisotopic (exact) mass is 499 g/mol. The lowest BCUT2D eigenvalue weighted by Crippen LogP contribution is -2.56. The molecular formula is C28H30FN7O. The zero-order chi connectivity index (χ0) is 25.6. The van der Waals surface area contributed by atoms with E-state index in [-0.39, 0.29) is 5.75 Å². The number of aromatic nitrogens is 3. The highest BCUT2D eigenvalue weighted by molar-refractivity contribution is 5.74. The molecule has 3 saturated heterocycles. The topological polar surface area (TPSA) is 94.6 Å². The molecule has 5 heterocycles. The molecular weight excluding hydrogens is 469 g/mol. The number of nitrogen functional groups attached to an aromatic ring is 1. The van der Waals surface area contributed by atoms with Crippen molar-refractivity contribution in [1.82, 2.24) is 20.1 Å². The number of alkyl halides is 1. The van der Waals surface area contributed by atoms with Gasteiger partial charge in [-0.3, -0.25) is 4.90 Å². The van der Waals surface area contributed by atoms with E-state index in [0.29, 0.717) is 48.8 Å². The Bertz CT molecular complexity index is 1360. The molecule has 0 saturated carbocycles. The highest BCUT2D eigenvalue weighted by atomic mass is 19.1. The van der Waals surface area contributed by atoms with Crippen LogP contribution in [0.5, 0.6) is 5.75 Å². The van der Waals surface area contributed by atoms with Crippen LogP contribution in [-0.2, 0) is 0 Å². The fourth-order valence-corrected chi connectivity index (χ4v) is 5.88. The summed E-state index contributed by atoms with van der Waals surface area (Å²) in [6, 6.07) is 13.8. The lowest BCUT2D eigenvalue weighted by atomic mass is 9.99. The van der Waals surface area contributed by atoms with E-state index in [0.717, 1.165) is 43.0 Å². The quantitative estimate of drug-likeness (QED) is 0.529. The number of para-hydroxylation sites is 1. The first-order chi connectivity index (χ1) is 17.9. The van der Waals surface area contributed by atoms with Crippen molar-refractivity contribution in [2.45, 2.75) is 37.5 Å². The number of pyridine rings is 1. The molecule has 2 unspecified atom stereocenters. The fourth-order valence-electron chi connectivity index (χ4n) is 5.88. The van der Waals surface area contributed by atoms with E-state index < -0.39 is 5.67 Å². The molecule has 3 fully saturated rings. The van der Waals surface area contributed by atoms with Crippen molar-refractivity contribution in [2.75, 3.05) is 48.3 Å². The number of hydrogen-bond donors (Lipinski definition) is 2. The summed E-state index contributed by atoms with van der Waals surface area (Å²) in [6.07, 6.45) is 4.00. The number of aromatic hydroxyl groups is 1. The maximum atomic E-state index is 13.7. The third-order valence-electron chi connectivity index (χ3n) is 7.47. The predicted octanol–water partition coefficient (Wildman–Crippen LogP) is 3.08. The summed E-state index contributed by atoms with van der Waals surface area (Å²) in [7, 11) is 0. The molecule has 0 amide bonds. The van der Waals surface area contributed by atoms with Crippen molar-refractivity contribution < 1.29 is 9.50 Å². The first-order valence-electron chi connectivity index (χ1n) is 12.7. The SMILES string of the molecule is CC1(F)CN(CC#Cc2cc(N3C4CCC3CN(c3cc(-c5ccccc5O)nnc3N)C4)ccn2)C1. The minimum Gasteiger partial charge on any atom is -0.507 e. The van der Waals surface area contributed by atoms with Gasteiger partial charge in [0.05, 0.1) is 17.9 Å². The Labute approximate surface area is 215 Å². The Morgan fingerprint density at radius 1 is 1.11 bits per heavy atom. The molecule has 8 nitrogen and oxygen atoms in total. The Morgan fingerprint density at radius 2 is 1.86 bits per heavy atom. The second-order valence-electron chi connectivity index (χ2n) is 10.5. The van der Waals surface area contributed by atoms with Gasteiger partial charge in [-0.1, -0.05) is 18.1 Å². The van der Waals surface area contributed by atoms with E-state index in [1.165, 1.54) is 0 Å². The van der Waals surface area contributed by atoms with Gasteiger partial charge in [0, 0.05) is 55.7 Å². The number of halogens is 1. The van der Waals surface area contributed by atoms with E-state index in [1.54, 1.807) is 19.1 Å². The number of nitrogens with zero attached hydrogens (tertiary/aromatic N) is 6. The Kier molecular flexibility index (Phi) is 5.84. The maximum absolute atomic E-state index is 13.7. The highest BCUT2D eigenvalue weighted by Gasteiger charge is 2.41. The van der Waals surface area contributed by atoms with Crippen LogP contribution in [0.4, 0.5) is 21.6 Å². The number of piperazine rings is 1. The summed E-state index contributed by atoms with van der Waals surface area (Å²) in [5.74, 6) is 6.86. The van der Waals surface area contributed by atoms with Crippen LogP contribution in [0.3, 0.4) is 0 Å². The number of fused-ring (bicyclic) bond motifs is 2. The summed E-state index contributed by atoms with van der Waals surface area (Å²) in [6.45, 7) is 4.68. The van der Waals surface area contributed by atoms with Crippen molar-refractivity contribution in [3.8, 4) is 28.8 Å². The second kappa shape index (κ2) is 9.20. The van der Waals surface area contributed by atoms with Crippen LogP contribution in [0.2, 0.25) is 0 Å². The lowest BCUT2D eigenvalue weighted by molar-refractivity contribution is -0.00799. The van der Waals surface area contributed by atoms with E-state index in [4.69, 9.17) is 5.73 Å². The second-order valence-corrected chi connectivity index (χ2v) is 10.5. The standard InChI is InChI=1S/C28H30FN7O/c1-28(29)17-34(18-28)12-4-5-19-13-20(10-11-31-19)36-21-8-9-22(36)16-35(15-21)25-14-24(32-33-27(25)30)23-6-2-3-7-26(23)37/h2-3,6-7,10-11,13-14,21-22,37H,8-9,12,15-18H2,1H3,(H2,30,33). The smallest absolute Gasteiger partial charge is 0.169 e. The molecule has 37 heavy (non-hydrogen) atoms. The molecule has 0 spiro atoms. The third-order valence-corrected chi connectivity index (χ3v) is 7.47. The van der Waals surface area contributed by atoms with Gasteiger partial charge in [-0.15, -0.1) is 10.2 Å². The summed E-state index contributed by atoms with van der Waals surface area (Å²) in [5, 5.41) is 18.7. The van der Waals surface area contributed by atoms with E-state index >= 15 is 0 Å². The number of likely N-dealkylation sites (tertiary alicyclic amines) is 1. The third kappa shape index (κ3) is 4.65. The highest BCUT2D eigenvalue weighted by Crippen LogP contribution is 2.39. The average Bonchev–Trinajstić information content (AvgIpc) is 3.13. The molecule has 2 aromatic heterocycles. The summed E-state index contributed by atoms with van der Waals surface area (Å²) >= 11 is 0. The normalized spacial score (nSPS) is 22.3. The van der Waals surface area contributed by atoms with Gasteiger partial charge >= 0.3 is 0 Å². The van der Waals surface area contributed by atoms with Crippen molar-refractivity contribution in [3.63, 3.8) is 0 Å². The van der Waals surface area contributed by atoms with Crippen molar-refractivity contribution >= 4 is 17.2 Å². The molecule has 3 aliphatic heterocycles. The number of nitrogens with two attached hydrogens (primary N) is 1. The Hall–Kier alpha value is -3.90. The zero-order valence-electron chi connectivity index (χ0n) is 20.8. The summed E-state index contributed by atoms with van der Waals surface area (Å²) in [5.41, 5.74) is 9.14. The van der Waals surface area contributed by atoms with Crippen LogP contribution in [0.25, 0.3) is 11.3 Å². The molecule has 2 atom stereocenters. The molecule has 190 valence electrons. The molecule has 0 aliphatic carbocycles. The number of rotatable bonds is 4. The van der Waals surface area contributed by atoms with Crippen LogP contribution < -0.4 is 15.5 Å². The first kappa shape index (κ1) is 23.5. The minimum absolute atomic E-state index is 0.166. The molecule has 3 aromatic rings. The molecule has 3 N–H and O–H groups in total. The molecule has 3 aliphatic rings. The minimum atomic E-state index is -1.08. The largest absolute Gasteiger partial charge is 0.507 e. The average molecular weight is 500 g/mol. The Morgan fingerprint density at radius 3 is 2.59 bits per heavy atom. The van der Waals surface area contributed by atoms with Crippen LogP contribution >= 0.6 is 0 Å². The molecule has 2 bridgehead atoms. The van der Waals surface area contributed by atoms with Gasteiger partial charge in [-0.05, 0) is 56.0 Å². The Balaban J connectivity index is 1.18. The van der Waals surface area contributed by atoms with E-state index in [2.05, 4.69) is 49.0 Å². The molecule has 9 heteroatoms. The van der Waals surface area contributed by atoms with E-state index in [9.17, 15) is 9.50 Å². The van der Waals surface area contributed by atoms with Crippen LogP contribution in [-0.4, -0.2) is 75.7 Å². The maximum Gasteiger partial charge on any atom is 0.169 e. The van der Waals surface area contributed by atoms with Crippen molar-refractivity contribution in [2.24, 2.45) is 0 Å². The van der Waals surface area contributed by atoms with Gasteiger partial charge < -0.3 is 20.6 Å². The fraction of sp³-hybridized carbons (Fsp3) is 0.393. The van der Waals surface area contributed by atoms with Gasteiger partial charge in [0.25, 0.3) is 0 Å². The molecule has 1 aromatic carbocycles. The lowest BCUT2D eigenvalue weighted by Gasteiger charge is -2.43. The number of phenols is 1. The zero-order valence-corrected chi connectivity index (χ0v) is 20.8. The predicted molar refractivity (Wildman–Crippen MR) is 142 cm³/mol. The van der Waals surface area contributed by atoms with Gasteiger partial charge in [0.1, 0.15) is 17.1 Å². The van der Waals surface area contributed by atoms with Crippen molar-refractivity contribution in [1.29, 1.82) is 0 Å². The summed E-state index contributed by atoms with van der Waals surface area (Å²) in [4.78, 5) is 11.2. The van der Waals surface area contributed by atoms with Gasteiger partial charge in [0.2, 0.25) is 0 Å². The van der Waals surface area contributed by atoms with Gasteiger partial charge in [0.15, 0.2) is 5.82 Å².